The highest BCUT2D eigenvalue weighted by Gasteiger charge is 2.42. The monoisotopic (exact) mass is 225 g/mol. The number of carbonyl (C=O) groups is 1. The maximum atomic E-state index is 11.2. The fourth-order valence-electron chi connectivity index (χ4n) is 1.94. The second-order valence-electron chi connectivity index (χ2n) is 3.84. The summed E-state index contributed by atoms with van der Waals surface area (Å²) in [5.74, 6) is -0.808. The van der Waals surface area contributed by atoms with E-state index >= 15 is 0 Å². The first-order valence-electron chi connectivity index (χ1n) is 4.87. The molecule has 1 heterocycles. The van der Waals surface area contributed by atoms with Gasteiger partial charge in [-0.1, -0.05) is 24.6 Å². The Morgan fingerprint density at radius 1 is 1.67 bits per heavy atom. The van der Waals surface area contributed by atoms with Crippen molar-refractivity contribution in [2.24, 2.45) is 0 Å². The highest BCUT2D eigenvalue weighted by atomic mass is 35.5. The van der Waals surface area contributed by atoms with Crippen LogP contribution in [0.1, 0.15) is 18.9 Å². The van der Waals surface area contributed by atoms with Crippen LogP contribution in [-0.2, 0) is 11.2 Å². The molecule has 1 aliphatic rings. The molecule has 4 heteroatoms. The molecule has 0 saturated heterocycles. The van der Waals surface area contributed by atoms with Gasteiger partial charge in [0, 0.05) is 17.1 Å². The molecule has 1 unspecified atom stereocenters. The van der Waals surface area contributed by atoms with Crippen LogP contribution < -0.4 is 5.32 Å². The second kappa shape index (κ2) is 3.42. The SMILES string of the molecule is CCC1(C(=O)O)Cc2ccc(Cl)cc2N1. The van der Waals surface area contributed by atoms with Crippen LogP contribution in [0, 0.1) is 0 Å². The Morgan fingerprint density at radius 2 is 2.40 bits per heavy atom. The normalized spacial score (nSPS) is 23.3. The fourth-order valence-corrected chi connectivity index (χ4v) is 2.11. The lowest BCUT2D eigenvalue weighted by molar-refractivity contribution is -0.142. The van der Waals surface area contributed by atoms with Gasteiger partial charge in [0.25, 0.3) is 0 Å². The number of carboxylic acids is 1. The van der Waals surface area contributed by atoms with Gasteiger partial charge < -0.3 is 10.4 Å². The molecule has 1 aromatic rings. The molecule has 0 spiro atoms. The first-order valence-corrected chi connectivity index (χ1v) is 5.25. The molecule has 0 fully saturated rings. The molecule has 2 N–H and O–H groups in total. The Balaban J connectivity index is 2.39. The van der Waals surface area contributed by atoms with Gasteiger partial charge in [0.05, 0.1) is 0 Å². The molecule has 80 valence electrons. The zero-order valence-electron chi connectivity index (χ0n) is 8.38. The van der Waals surface area contributed by atoms with E-state index in [1.165, 1.54) is 0 Å². The number of carboxylic acid groups (broad SMARTS) is 1. The third-order valence-corrected chi connectivity index (χ3v) is 3.19. The van der Waals surface area contributed by atoms with E-state index in [4.69, 9.17) is 11.6 Å². The van der Waals surface area contributed by atoms with E-state index in [-0.39, 0.29) is 0 Å². The van der Waals surface area contributed by atoms with E-state index in [0.29, 0.717) is 17.9 Å². The van der Waals surface area contributed by atoms with E-state index < -0.39 is 11.5 Å². The molecule has 1 aromatic carbocycles. The van der Waals surface area contributed by atoms with Crippen molar-refractivity contribution in [2.45, 2.75) is 25.3 Å². The standard InChI is InChI=1S/C11H12ClNO2/c1-2-11(10(14)15)6-7-3-4-8(12)5-9(7)13-11/h3-5,13H,2,6H2,1H3,(H,14,15). The van der Waals surface area contributed by atoms with Gasteiger partial charge in [-0.15, -0.1) is 0 Å². The van der Waals surface area contributed by atoms with Crippen LogP contribution in [0.25, 0.3) is 0 Å². The summed E-state index contributed by atoms with van der Waals surface area (Å²) in [6, 6.07) is 5.44. The minimum Gasteiger partial charge on any atom is -0.479 e. The van der Waals surface area contributed by atoms with Crippen LogP contribution in [0.4, 0.5) is 5.69 Å². The zero-order chi connectivity index (χ0) is 11.1. The summed E-state index contributed by atoms with van der Waals surface area (Å²) in [5.41, 5.74) is 1.00. The van der Waals surface area contributed by atoms with Crippen molar-refractivity contribution in [1.29, 1.82) is 0 Å². The van der Waals surface area contributed by atoms with Crippen molar-refractivity contribution in [3.8, 4) is 0 Å². The zero-order valence-corrected chi connectivity index (χ0v) is 9.14. The Bertz CT molecular complexity index is 419. The van der Waals surface area contributed by atoms with E-state index in [9.17, 15) is 9.90 Å². The van der Waals surface area contributed by atoms with E-state index in [1.807, 2.05) is 13.0 Å². The molecule has 3 nitrogen and oxygen atoms in total. The minimum atomic E-state index is -0.854. The van der Waals surface area contributed by atoms with Gasteiger partial charge in [-0.2, -0.15) is 0 Å². The van der Waals surface area contributed by atoms with Gasteiger partial charge in [0.15, 0.2) is 0 Å². The predicted molar refractivity (Wildman–Crippen MR) is 59.4 cm³/mol. The Kier molecular flexibility index (Phi) is 2.35. The topological polar surface area (TPSA) is 49.3 Å². The van der Waals surface area contributed by atoms with Gasteiger partial charge in [0.2, 0.25) is 0 Å². The third-order valence-electron chi connectivity index (χ3n) is 2.95. The molecule has 0 bridgehead atoms. The summed E-state index contributed by atoms with van der Waals surface area (Å²) in [4.78, 5) is 11.2. The smallest absolute Gasteiger partial charge is 0.329 e. The predicted octanol–water partition coefficient (Wildman–Crippen LogP) is 2.54. The molecule has 0 aromatic heterocycles. The van der Waals surface area contributed by atoms with E-state index in [2.05, 4.69) is 5.32 Å². The molecule has 0 saturated carbocycles. The average Bonchev–Trinajstić information content (AvgIpc) is 2.56. The summed E-state index contributed by atoms with van der Waals surface area (Å²) < 4.78 is 0. The number of anilines is 1. The second-order valence-corrected chi connectivity index (χ2v) is 4.28. The number of hydrogen-bond acceptors (Lipinski definition) is 2. The number of aliphatic carboxylic acids is 1. The van der Waals surface area contributed by atoms with Gasteiger partial charge >= 0.3 is 5.97 Å². The van der Waals surface area contributed by atoms with Crippen LogP contribution in [0.3, 0.4) is 0 Å². The Morgan fingerprint density at radius 3 is 3.00 bits per heavy atom. The fraction of sp³-hybridized carbons (Fsp3) is 0.364. The molecule has 1 aliphatic heterocycles. The molecular formula is C11H12ClNO2. The van der Waals surface area contributed by atoms with Crippen LogP contribution in [0.5, 0.6) is 0 Å². The summed E-state index contributed by atoms with van der Waals surface area (Å²) in [5, 5.41) is 12.9. The van der Waals surface area contributed by atoms with Gasteiger partial charge in [-0.3, -0.25) is 0 Å². The maximum Gasteiger partial charge on any atom is 0.329 e. The van der Waals surface area contributed by atoms with E-state index in [0.717, 1.165) is 11.3 Å². The molecule has 0 aliphatic carbocycles. The number of halogens is 1. The largest absolute Gasteiger partial charge is 0.479 e. The molecule has 15 heavy (non-hydrogen) atoms. The van der Waals surface area contributed by atoms with Gasteiger partial charge in [-0.25, -0.2) is 4.79 Å². The number of rotatable bonds is 2. The quantitative estimate of drug-likeness (QED) is 0.813. The van der Waals surface area contributed by atoms with Gasteiger partial charge in [-0.05, 0) is 24.1 Å². The summed E-state index contributed by atoms with van der Waals surface area (Å²) in [6.45, 7) is 1.87. The molecular weight excluding hydrogens is 214 g/mol. The highest BCUT2D eigenvalue weighted by molar-refractivity contribution is 6.30. The lowest BCUT2D eigenvalue weighted by atomic mass is 9.92. The first-order chi connectivity index (χ1) is 7.07. The average molecular weight is 226 g/mol. The minimum absolute atomic E-state index is 0.519. The van der Waals surface area contributed by atoms with Crippen molar-refractivity contribution in [2.75, 3.05) is 5.32 Å². The van der Waals surface area contributed by atoms with Crippen LogP contribution in [0.2, 0.25) is 5.02 Å². The Labute approximate surface area is 93.1 Å². The summed E-state index contributed by atoms with van der Waals surface area (Å²) >= 11 is 5.85. The number of benzene rings is 1. The first kappa shape index (κ1) is 10.3. The number of hydrogen-bond donors (Lipinski definition) is 2. The van der Waals surface area contributed by atoms with Crippen molar-refractivity contribution in [3.05, 3.63) is 28.8 Å². The van der Waals surface area contributed by atoms with E-state index in [1.54, 1.807) is 12.1 Å². The summed E-state index contributed by atoms with van der Waals surface area (Å²) in [6.07, 6.45) is 1.07. The van der Waals surface area contributed by atoms with Crippen molar-refractivity contribution in [3.63, 3.8) is 0 Å². The lowest BCUT2D eigenvalue weighted by Gasteiger charge is -2.23. The number of nitrogens with one attached hydrogen (secondary N) is 1. The molecule has 0 radical (unpaired) electrons. The molecule has 0 amide bonds. The van der Waals surface area contributed by atoms with Crippen molar-refractivity contribution >= 4 is 23.3 Å². The molecule has 2 rings (SSSR count). The van der Waals surface area contributed by atoms with Crippen molar-refractivity contribution in [1.82, 2.24) is 0 Å². The lowest BCUT2D eigenvalue weighted by Crippen LogP contribution is -2.44. The Hall–Kier alpha value is -1.22. The maximum absolute atomic E-state index is 11.2. The third kappa shape index (κ3) is 1.57. The van der Waals surface area contributed by atoms with Crippen LogP contribution >= 0.6 is 11.6 Å². The van der Waals surface area contributed by atoms with Crippen LogP contribution in [-0.4, -0.2) is 16.6 Å². The highest BCUT2D eigenvalue weighted by Crippen LogP contribution is 2.36. The van der Waals surface area contributed by atoms with Crippen molar-refractivity contribution < 1.29 is 9.90 Å². The van der Waals surface area contributed by atoms with Gasteiger partial charge in [0.1, 0.15) is 5.54 Å². The summed E-state index contributed by atoms with van der Waals surface area (Å²) in [7, 11) is 0. The van der Waals surface area contributed by atoms with Crippen LogP contribution in [0.15, 0.2) is 18.2 Å². The number of fused-ring (bicyclic) bond motifs is 1. The molecule has 1 atom stereocenters.